The van der Waals surface area contributed by atoms with Crippen LogP contribution in [0.3, 0.4) is 0 Å². The second-order valence-electron chi connectivity index (χ2n) is 8.38. The first-order chi connectivity index (χ1) is 17.3. The molecule has 36 heavy (non-hydrogen) atoms. The molecule has 0 aliphatic carbocycles. The summed E-state index contributed by atoms with van der Waals surface area (Å²) in [6, 6.07) is 23.0. The molecule has 3 aromatic carbocycles. The number of carboxylic acids is 1. The molecule has 0 aliphatic heterocycles. The van der Waals surface area contributed by atoms with Gasteiger partial charge in [-0.2, -0.15) is 5.10 Å². The van der Waals surface area contributed by atoms with Crippen LogP contribution in [0.4, 0.5) is 0 Å². The monoisotopic (exact) mass is 521 g/mol. The third-order valence-electron chi connectivity index (χ3n) is 5.77. The van der Waals surface area contributed by atoms with E-state index in [0.717, 1.165) is 34.5 Å². The number of hydrogen-bond acceptors (Lipinski definition) is 3. The maximum atomic E-state index is 12.3. The largest absolute Gasteiger partial charge is 0.481 e. The summed E-state index contributed by atoms with van der Waals surface area (Å²) in [6.45, 7) is 2.69. The Morgan fingerprint density at radius 1 is 0.889 bits per heavy atom. The zero-order valence-electron chi connectivity index (χ0n) is 19.7. The van der Waals surface area contributed by atoms with Gasteiger partial charge in [-0.15, -0.1) is 0 Å². The van der Waals surface area contributed by atoms with Crippen LogP contribution < -0.4 is 5.32 Å². The van der Waals surface area contributed by atoms with Gasteiger partial charge in [0.05, 0.1) is 24.4 Å². The molecule has 0 spiro atoms. The Balaban J connectivity index is 1.62. The first-order valence-electron chi connectivity index (χ1n) is 11.5. The average molecular weight is 522 g/mol. The highest BCUT2D eigenvalue weighted by atomic mass is 35.5. The average Bonchev–Trinajstić information content (AvgIpc) is 3.27. The van der Waals surface area contributed by atoms with Gasteiger partial charge in [-0.25, -0.2) is 0 Å². The first-order valence-corrected chi connectivity index (χ1v) is 12.3. The Hall–Kier alpha value is -3.61. The topological polar surface area (TPSA) is 84.2 Å². The van der Waals surface area contributed by atoms with E-state index in [1.807, 2.05) is 35.0 Å². The number of rotatable bonds is 9. The summed E-state index contributed by atoms with van der Waals surface area (Å²) in [5, 5.41) is 17.3. The van der Waals surface area contributed by atoms with Crippen molar-refractivity contribution in [3.63, 3.8) is 0 Å². The molecule has 2 N–H and O–H groups in total. The zero-order valence-corrected chi connectivity index (χ0v) is 21.2. The van der Waals surface area contributed by atoms with Gasteiger partial charge in [-0.05, 0) is 59.5 Å². The van der Waals surface area contributed by atoms with E-state index in [-0.39, 0.29) is 18.9 Å². The standard InChI is InChI=1S/C28H25Cl2N3O3/c1-2-18-3-7-20(8-4-18)26-16-25(22-13-23(29)15-24(30)14-22)32-33(26)17-19-5-9-21(10-6-19)28(36)31-12-11-27(34)35/h3-10,13-16H,2,11-12,17H2,1H3,(H,31,36)(H,34,35). The van der Waals surface area contributed by atoms with Crippen molar-refractivity contribution in [2.24, 2.45) is 0 Å². The second kappa shape index (κ2) is 11.4. The van der Waals surface area contributed by atoms with Crippen LogP contribution in [0, 0.1) is 0 Å². The summed E-state index contributed by atoms with van der Waals surface area (Å²) in [5.74, 6) is -1.26. The molecule has 0 atom stereocenters. The van der Waals surface area contributed by atoms with Crippen LogP contribution in [0.25, 0.3) is 22.5 Å². The van der Waals surface area contributed by atoms with Crippen molar-refractivity contribution >= 4 is 35.1 Å². The Labute approximate surface area is 219 Å². The van der Waals surface area contributed by atoms with E-state index in [1.54, 1.807) is 18.2 Å². The van der Waals surface area contributed by atoms with E-state index in [9.17, 15) is 9.59 Å². The molecule has 1 amide bonds. The Kier molecular flexibility index (Phi) is 8.08. The van der Waals surface area contributed by atoms with Gasteiger partial charge in [-0.1, -0.05) is 66.5 Å². The fourth-order valence-corrected chi connectivity index (χ4v) is 4.37. The van der Waals surface area contributed by atoms with Gasteiger partial charge in [-0.3, -0.25) is 14.3 Å². The maximum Gasteiger partial charge on any atom is 0.305 e. The smallest absolute Gasteiger partial charge is 0.305 e. The normalized spacial score (nSPS) is 10.9. The van der Waals surface area contributed by atoms with Gasteiger partial charge in [0.1, 0.15) is 0 Å². The molecule has 1 aromatic heterocycles. The number of halogens is 2. The minimum absolute atomic E-state index is 0.0830. The summed E-state index contributed by atoms with van der Waals surface area (Å²) in [5.41, 5.74) is 6.24. The van der Waals surface area contributed by atoms with Crippen LogP contribution in [0.2, 0.25) is 10.0 Å². The molecule has 0 radical (unpaired) electrons. The predicted octanol–water partition coefficient (Wildman–Crippen LogP) is 6.34. The molecule has 0 saturated carbocycles. The number of carbonyl (C=O) groups is 2. The number of carbonyl (C=O) groups excluding carboxylic acids is 1. The number of aliphatic carboxylic acids is 1. The number of hydrogen-bond donors (Lipinski definition) is 2. The number of carboxylic acid groups (broad SMARTS) is 1. The molecule has 4 aromatic rings. The highest BCUT2D eigenvalue weighted by Crippen LogP contribution is 2.31. The molecular formula is C28H25Cl2N3O3. The number of amides is 1. The molecular weight excluding hydrogens is 497 g/mol. The van der Waals surface area contributed by atoms with E-state index >= 15 is 0 Å². The summed E-state index contributed by atoms with van der Waals surface area (Å²) >= 11 is 12.5. The lowest BCUT2D eigenvalue weighted by Crippen LogP contribution is -2.25. The number of benzene rings is 3. The van der Waals surface area contributed by atoms with E-state index in [1.165, 1.54) is 5.56 Å². The lowest BCUT2D eigenvalue weighted by molar-refractivity contribution is -0.136. The molecule has 4 rings (SSSR count). The zero-order chi connectivity index (χ0) is 25.7. The minimum atomic E-state index is -0.954. The molecule has 0 unspecified atom stereocenters. The Morgan fingerprint density at radius 2 is 1.53 bits per heavy atom. The van der Waals surface area contributed by atoms with Crippen LogP contribution in [0.5, 0.6) is 0 Å². The minimum Gasteiger partial charge on any atom is -0.481 e. The highest BCUT2D eigenvalue weighted by molar-refractivity contribution is 6.35. The Bertz CT molecular complexity index is 1360. The SMILES string of the molecule is CCc1ccc(-c2cc(-c3cc(Cl)cc(Cl)c3)nn2Cc2ccc(C(=O)NCCC(=O)O)cc2)cc1. The van der Waals surface area contributed by atoms with E-state index in [4.69, 9.17) is 33.4 Å². The maximum absolute atomic E-state index is 12.3. The van der Waals surface area contributed by atoms with Crippen LogP contribution in [-0.2, 0) is 17.8 Å². The van der Waals surface area contributed by atoms with Crippen LogP contribution >= 0.6 is 23.2 Å². The Morgan fingerprint density at radius 3 is 2.14 bits per heavy atom. The van der Waals surface area contributed by atoms with E-state index in [0.29, 0.717) is 22.2 Å². The molecule has 1 heterocycles. The molecule has 6 nitrogen and oxygen atoms in total. The van der Waals surface area contributed by atoms with Crippen molar-refractivity contribution in [2.45, 2.75) is 26.3 Å². The van der Waals surface area contributed by atoms with Crippen molar-refractivity contribution in [3.8, 4) is 22.5 Å². The summed E-state index contributed by atoms with van der Waals surface area (Å²) in [7, 11) is 0. The van der Waals surface area contributed by atoms with Crippen molar-refractivity contribution in [3.05, 3.63) is 99.5 Å². The lowest BCUT2D eigenvalue weighted by Gasteiger charge is -2.09. The van der Waals surface area contributed by atoms with E-state index < -0.39 is 5.97 Å². The predicted molar refractivity (Wildman–Crippen MR) is 143 cm³/mol. The van der Waals surface area contributed by atoms with Crippen molar-refractivity contribution in [2.75, 3.05) is 6.54 Å². The van der Waals surface area contributed by atoms with Crippen molar-refractivity contribution in [1.82, 2.24) is 15.1 Å². The van der Waals surface area contributed by atoms with E-state index in [2.05, 4.69) is 36.5 Å². The first kappa shape index (κ1) is 25.5. The van der Waals surface area contributed by atoms with Gasteiger partial charge < -0.3 is 10.4 Å². The quantitative estimate of drug-likeness (QED) is 0.269. The summed E-state index contributed by atoms with van der Waals surface area (Å²) < 4.78 is 1.92. The number of nitrogens with zero attached hydrogens (tertiary/aromatic N) is 2. The fourth-order valence-electron chi connectivity index (χ4n) is 3.84. The molecule has 184 valence electrons. The fraction of sp³-hybridized carbons (Fsp3) is 0.179. The van der Waals surface area contributed by atoms with Gasteiger partial charge >= 0.3 is 5.97 Å². The van der Waals surface area contributed by atoms with Gasteiger partial charge in [0.25, 0.3) is 5.91 Å². The third-order valence-corrected chi connectivity index (χ3v) is 6.21. The molecule has 0 bridgehead atoms. The number of aryl methyl sites for hydroxylation is 1. The van der Waals surface area contributed by atoms with Crippen LogP contribution in [0.15, 0.2) is 72.8 Å². The summed E-state index contributed by atoms with van der Waals surface area (Å²) in [6.07, 6.45) is 0.841. The van der Waals surface area contributed by atoms with Gasteiger partial charge in [0, 0.05) is 27.7 Å². The summed E-state index contributed by atoms with van der Waals surface area (Å²) in [4.78, 5) is 22.9. The highest BCUT2D eigenvalue weighted by Gasteiger charge is 2.14. The van der Waals surface area contributed by atoms with Gasteiger partial charge in [0.2, 0.25) is 0 Å². The van der Waals surface area contributed by atoms with Crippen LogP contribution in [-0.4, -0.2) is 33.3 Å². The molecule has 0 fully saturated rings. The molecule has 0 aliphatic rings. The van der Waals surface area contributed by atoms with Crippen molar-refractivity contribution in [1.29, 1.82) is 0 Å². The molecule has 8 heteroatoms. The number of aromatic nitrogens is 2. The van der Waals surface area contributed by atoms with Crippen LogP contribution in [0.1, 0.15) is 34.8 Å². The van der Waals surface area contributed by atoms with Crippen molar-refractivity contribution < 1.29 is 14.7 Å². The number of nitrogens with one attached hydrogen (secondary N) is 1. The van der Waals surface area contributed by atoms with Gasteiger partial charge in [0.15, 0.2) is 0 Å². The second-order valence-corrected chi connectivity index (χ2v) is 9.25. The molecule has 0 saturated heterocycles. The third kappa shape index (κ3) is 6.33. The lowest BCUT2D eigenvalue weighted by atomic mass is 10.1.